The van der Waals surface area contributed by atoms with Gasteiger partial charge in [0, 0.05) is 21.7 Å². The van der Waals surface area contributed by atoms with Gasteiger partial charge in [0.2, 0.25) is 0 Å². The number of nitrogens with one attached hydrogen (secondary N) is 1. The van der Waals surface area contributed by atoms with E-state index >= 15 is 0 Å². The van der Waals surface area contributed by atoms with Gasteiger partial charge in [0.15, 0.2) is 0 Å². The van der Waals surface area contributed by atoms with E-state index in [0.717, 1.165) is 21.4 Å². The van der Waals surface area contributed by atoms with Gasteiger partial charge in [0.1, 0.15) is 0 Å². The molecule has 3 aromatic rings. The molecule has 1 atom stereocenters. The Balaban J connectivity index is 2.04. The molecule has 2 nitrogen and oxygen atoms in total. The van der Waals surface area contributed by atoms with E-state index < -0.39 is 0 Å². The van der Waals surface area contributed by atoms with E-state index in [9.17, 15) is 4.79 Å². The summed E-state index contributed by atoms with van der Waals surface area (Å²) in [6.45, 7) is 8.37. The highest BCUT2D eigenvalue weighted by Gasteiger charge is 2.15. The lowest BCUT2D eigenvalue weighted by Crippen LogP contribution is -2.36. The van der Waals surface area contributed by atoms with Gasteiger partial charge in [-0.3, -0.25) is 4.79 Å². The number of carbonyl (C=O) groups is 1. The minimum Gasteiger partial charge on any atom is -0.349 e. The van der Waals surface area contributed by atoms with E-state index in [-0.39, 0.29) is 11.9 Å². The van der Waals surface area contributed by atoms with Crippen molar-refractivity contribution in [1.29, 1.82) is 0 Å². The smallest absolute Gasteiger partial charge is 0.251 e. The third-order valence-electron chi connectivity index (χ3n) is 4.56. The summed E-state index contributed by atoms with van der Waals surface area (Å²) < 4.78 is 1.15. The normalized spacial score (nSPS) is 12.5. The Hall–Kier alpha value is -2.13. The van der Waals surface area contributed by atoms with Crippen LogP contribution < -0.4 is 5.32 Å². The summed E-state index contributed by atoms with van der Waals surface area (Å²) >= 11 is 1.68. The van der Waals surface area contributed by atoms with Crippen LogP contribution in [0.3, 0.4) is 0 Å². The van der Waals surface area contributed by atoms with Gasteiger partial charge in [-0.25, -0.2) is 0 Å². The van der Waals surface area contributed by atoms with E-state index in [1.165, 1.54) is 10.9 Å². The number of fused-ring (bicyclic) bond motifs is 1. The van der Waals surface area contributed by atoms with E-state index in [4.69, 9.17) is 0 Å². The molecule has 1 heterocycles. The van der Waals surface area contributed by atoms with E-state index in [1.54, 1.807) is 11.3 Å². The van der Waals surface area contributed by atoms with Crippen molar-refractivity contribution in [2.24, 2.45) is 5.92 Å². The van der Waals surface area contributed by atoms with Crippen molar-refractivity contribution in [1.82, 2.24) is 5.32 Å². The average molecular weight is 337 g/mol. The monoisotopic (exact) mass is 337 g/mol. The Labute approximate surface area is 147 Å². The van der Waals surface area contributed by atoms with Crippen LogP contribution in [0, 0.1) is 12.8 Å². The zero-order valence-corrected chi connectivity index (χ0v) is 15.4. The maximum Gasteiger partial charge on any atom is 0.251 e. The fourth-order valence-electron chi connectivity index (χ4n) is 2.63. The molecule has 0 aliphatic carbocycles. The molecule has 3 heteroatoms. The van der Waals surface area contributed by atoms with Crippen molar-refractivity contribution < 1.29 is 4.79 Å². The van der Waals surface area contributed by atoms with Crippen LogP contribution >= 0.6 is 11.3 Å². The molecule has 3 rings (SSSR count). The molecule has 1 N–H and O–H groups in total. The number of aryl methyl sites for hydroxylation is 1. The molecule has 0 saturated heterocycles. The Morgan fingerprint density at radius 3 is 2.42 bits per heavy atom. The van der Waals surface area contributed by atoms with Crippen LogP contribution in [0.25, 0.3) is 21.2 Å². The molecule has 2 aromatic carbocycles. The first-order chi connectivity index (χ1) is 11.5. The van der Waals surface area contributed by atoms with Crippen molar-refractivity contribution in [3.63, 3.8) is 0 Å². The van der Waals surface area contributed by atoms with Crippen LogP contribution in [0.15, 0.2) is 47.8 Å². The van der Waals surface area contributed by atoms with Crippen LogP contribution in [0.5, 0.6) is 0 Å². The number of benzene rings is 2. The second-order valence-corrected chi connectivity index (χ2v) is 7.68. The molecular formula is C21H23NOS. The molecule has 1 amide bonds. The summed E-state index contributed by atoms with van der Waals surface area (Å²) in [5.74, 6) is 0.413. The highest BCUT2D eigenvalue weighted by molar-refractivity contribution is 7.17. The lowest BCUT2D eigenvalue weighted by atomic mass is 9.98. The minimum atomic E-state index is -0.000128. The number of hydrogen-bond donors (Lipinski definition) is 1. The third-order valence-corrected chi connectivity index (χ3v) is 5.42. The van der Waals surface area contributed by atoms with Crippen molar-refractivity contribution in [2.75, 3.05) is 0 Å². The van der Waals surface area contributed by atoms with E-state index in [1.807, 2.05) is 19.1 Å². The van der Waals surface area contributed by atoms with Crippen LogP contribution in [0.1, 0.15) is 36.7 Å². The van der Waals surface area contributed by atoms with Gasteiger partial charge in [-0.15, -0.1) is 11.3 Å². The lowest BCUT2D eigenvalue weighted by Gasteiger charge is -2.18. The fraction of sp³-hybridized carbons (Fsp3) is 0.286. The maximum atomic E-state index is 12.7. The zero-order valence-electron chi connectivity index (χ0n) is 14.6. The first kappa shape index (κ1) is 16.7. The molecule has 0 aliphatic heterocycles. The highest BCUT2D eigenvalue weighted by Crippen LogP contribution is 2.33. The SMILES string of the molecule is Cc1ccc(-c2cc(C(=O)NC(C)C(C)C)cc3sccc23)cc1. The van der Waals surface area contributed by atoms with Gasteiger partial charge in [0.05, 0.1) is 0 Å². The molecule has 0 spiro atoms. The first-order valence-corrected chi connectivity index (χ1v) is 9.23. The molecule has 1 aromatic heterocycles. The van der Waals surface area contributed by atoms with Gasteiger partial charge >= 0.3 is 0 Å². The summed E-state index contributed by atoms with van der Waals surface area (Å²) in [5, 5.41) is 6.40. The number of rotatable bonds is 4. The second-order valence-electron chi connectivity index (χ2n) is 6.73. The number of thiophene rings is 1. The zero-order chi connectivity index (χ0) is 17.3. The standard InChI is InChI=1S/C21H23NOS/c1-13(2)15(4)22-21(23)17-11-19(16-7-5-14(3)6-8-16)18-9-10-24-20(18)12-17/h5-13,15H,1-4H3,(H,22,23). The topological polar surface area (TPSA) is 29.1 Å². The van der Waals surface area contributed by atoms with Crippen LogP contribution in [-0.4, -0.2) is 11.9 Å². The number of hydrogen-bond acceptors (Lipinski definition) is 2. The Morgan fingerprint density at radius 2 is 1.75 bits per heavy atom. The summed E-state index contributed by atoms with van der Waals surface area (Å²) in [4.78, 5) is 12.7. The lowest BCUT2D eigenvalue weighted by molar-refractivity contribution is 0.0930. The second kappa shape index (κ2) is 6.78. The fourth-order valence-corrected chi connectivity index (χ4v) is 3.48. The van der Waals surface area contributed by atoms with E-state index in [0.29, 0.717) is 5.92 Å². The molecule has 0 saturated carbocycles. The van der Waals surface area contributed by atoms with Crippen LogP contribution in [0.4, 0.5) is 0 Å². The minimum absolute atomic E-state index is 0.000128. The maximum absolute atomic E-state index is 12.7. The first-order valence-electron chi connectivity index (χ1n) is 8.35. The van der Waals surface area contributed by atoms with Gasteiger partial charge in [-0.1, -0.05) is 43.7 Å². The quantitative estimate of drug-likeness (QED) is 0.655. The molecule has 1 unspecified atom stereocenters. The predicted octanol–water partition coefficient (Wildman–Crippen LogP) is 5.65. The molecule has 0 fully saturated rings. The summed E-state index contributed by atoms with van der Waals surface area (Å²) in [6, 6.07) is 14.8. The van der Waals surface area contributed by atoms with Crippen molar-refractivity contribution in [3.8, 4) is 11.1 Å². The molecule has 0 bridgehead atoms. The van der Waals surface area contributed by atoms with E-state index in [2.05, 4.69) is 61.8 Å². The summed E-state index contributed by atoms with van der Waals surface area (Å²) in [7, 11) is 0. The number of carbonyl (C=O) groups excluding carboxylic acids is 1. The summed E-state index contributed by atoms with van der Waals surface area (Å²) in [6.07, 6.45) is 0. The highest BCUT2D eigenvalue weighted by atomic mass is 32.1. The molecule has 0 radical (unpaired) electrons. The van der Waals surface area contributed by atoms with Gasteiger partial charge in [-0.05, 0) is 54.5 Å². The summed E-state index contributed by atoms with van der Waals surface area (Å²) in [5.41, 5.74) is 4.24. The molecule has 24 heavy (non-hydrogen) atoms. The average Bonchev–Trinajstić information content (AvgIpc) is 3.03. The third kappa shape index (κ3) is 3.36. The van der Waals surface area contributed by atoms with Crippen molar-refractivity contribution >= 4 is 27.3 Å². The van der Waals surface area contributed by atoms with Crippen LogP contribution in [0.2, 0.25) is 0 Å². The Morgan fingerprint density at radius 1 is 1.04 bits per heavy atom. The molecule has 0 aliphatic rings. The van der Waals surface area contributed by atoms with Gasteiger partial charge in [0.25, 0.3) is 5.91 Å². The van der Waals surface area contributed by atoms with Crippen molar-refractivity contribution in [3.05, 3.63) is 59.0 Å². The van der Waals surface area contributed by atoms with Crippen LogP contribution in [-0.2, 0) is 0 Å². The van der Waals surface area contributed by atoms with Crippen molar-refractivity contribution in [2.45, 2.75) is 33.7 Å². The largest absolute Gasteiger partial charge is 0.349 e. The predicted molar refractivity (Wildman–Crippen MR) is 104 cm³/mol. The Kier molecular flexibility index (Phi) is 4.72. The molecular weight excluding hydrogens is 314 g/mol. The van der Waals surface area contributed by atoms with Gasteiger partial charge < -0.3 is 5.32 Å². The Bertz CT molecular complexity index is 861. The molecule has 124 valence electrons. The number of amides is 1. The van der Waals surface area contributed by atoms with Gasteiger partial charge in [-0.2, -0.15) is 0 Å².